The minimum absolute atomic E-state index is 0.00458. The van der Waals surface area contributed by atoms with Crippen LogP contribution in [0.1, 0.15) is 16.7 Å². The van der Waals surface area contributed by atoms with Crippen molar-refractivity contribution in [1.82, 2.24) is 0 Å². The van der Waals surface area contributed by atoms with Crippen molar-refractivity contribution < 1.29 is 14.8 Å². The molecule has 0 spiro atoms. The molecule has 2 aromatic carbocycles. The average molecular weight is 300 g/mol. The van der Waals surface area contributed by atoms with E-state index in [0.717, 1.165) is 22.3 Å². The summed E-state index contributed by atoms with van der Waals surface area (Å²) in [6.45, 7) is 5.77. The van der Waals surface area contributed by atoms with E-state index in [-0.39, 0.29) is 11.4 Å². The van der Waals surface area contributed by atoms with Crippen LogP contribution in [0, 0.1) is 30.9 Å². The van der Waals surface area contributed by atoms with Gasteiger partial charge in [0.1, 0.15) is 5.69 Å². The van der Waals surface area contributed by atoms with Crippen molar-refractivity contribution in [2.24, 2.45) is 0 Å². The van der Waals surface area contributed by atoms with Crippen LogP contribution >= 0.6 is 0 Å². The van der Waals surface area contributed by atoms with E-state index in [1.807, 2.05) is 32.9 Å². The highest BCUT2D eigenvalue weighted by molar-refractivity contribution is 5.96. The third kappa shape index (κ3) is 2.90. The number of aryl methyl sites for hydroxylation is 3. The Bertz CT molecular complexity index is 746. The Balaban J connectivity index is 2.78. The van der Waals surface area contributed by atoms with Gasteiger partial charge in [-0.05, 0) is 37.5 Å². The molecule has 0 aliphatic carbocycles. The number of amides is 1. The maximum Gasteiger partial charge on any atom is 0.409 e. The van der Waals surface area contributed by atoms with Crippen LogP contribution in [0.2, 0.25) is 0 Å². The van der Waals surface area contributed by atoms with Crippen LogP contribution in [0.15, 0.2) is 30.3 Å². The molecule has 0 atom stereocenters. The lowest BCUT2D eigenvalue weighted by Gasteiger charge is -2.15. The second kappa shape index (κ2) is 5.85. The number of anilines is 1. The number of nitro benzene ring substituents is 1. The first-order valence-corrected chi connectivity index (χ1v) is 6.67. The maximum atomic E-state index is 11.2. The molecule has 0 bridgehead atoms. The van der Waals surface area contributed by atoms with E-state index in [1.54, 1.807) is 12.1 Å². The van der Waals surface area contributed by atoms with Gasteiger partial charge in [0.15, 0.2) is 0 Å². The zero-order chi connectivity index (χ0) is 16.4. The minimum atomic E-state index is -1.34. The molecular weight excluding hydrogens is 284 g/mol. The van der Waals surface area contributed by atoms with Crippen molar-refractivity contribution in [1.29, 1.82) is 0 Å². The Morgan fingerprint density at radius 3 is 2.27 bits per heavy atom. The van der Waals surface area contributed by atoms with Gasteiger partial charge in [0.2, 0.25) is 0 Å². The molecule has 0 aromatic heterocycles. The van der Waals surface area contributed by atoms with Crippen LogP contribution in [-0.4, -0.2) is 16.1 Å². The lowest BCUT2D eigenvalue weighted by atomic mass is 9.92. The predicted octanol–water partition coefficient (Wildman–Crippen LogP) is 4.28. The fourth-order valence-electron chi connectivity index (χ4n) is 2.74. The summed E-state index contributed by atoms with van der Waals surface area (Å²) in [4.78, 5) is 21.6. The van der Waals surface area contributed by atoms with Crippen LogP contribution in [0.4, 0.5) is 16.2 Å². The molecule has 22 heavy (non-hydrogen) atoms. The molecule has 0 heterocycles. The molecular formula is C16H16N2O4. The highest BCUT2D eigenvalue weighted by atomic mass is 16.6. The molecule has 2 aromatic rings. The Hall–Kier alpha value is -2.89. The second-order valence-corrected chi connectivity index (χ2v) is 5.16. The molecule has 0 fully saturated rings. The Labute approximate surface area is 127 Å². The van der Waals surface area contributed by atoms with E-state index in [1.165, 1.54) is 6.07 Å². The number of carboxylic acid groups (broad SMARTS) is 1. The van der Waals surface area contributed by atoms with Crippen LogP contribution < -0.4 is 5.32 Å². The second-order valence-electron chi connectivity index (χ2n) is 5.16. The third-order valence-corrected chi connectivity index (χ3v) is 3.42. The maximum absolute atomic E-state index is 11.2. The summed E-state index contributed by atoms with van der Waals surface area (Å²) >= 11 is 0. The van der Waals surface area contributed by atoms with Crippen molar-refractivity contribution in [3.05, 3.63) is 57.1 Å². The quantitative estimate of drug-likeness (QED) is 0.653. The molecule has 0 aliphatic heterocycles. The number of rotatable bonds is 3. The molecule has 0 saturated carbocycles. The summed E-state index contributed by atoms with van der Waals surface area (Å²) in [6.07, 6.45) is -1.34. The normalized spacial score (nSPS) is 10.3. The van der Waals surface area contributed by atoms with Crippen LogP contribution in [0.3, 0.4) is 0 Å². The van der Waals surface area contributed by atoms with Crippen LogP contribution in [-0.2, 0) is 0 Å². The summed E-state index contributed by atoms with van der Waals surface area (Å²) in [5.41, 5.74) is 3.99. The van der Waals surface area contributed by atoms with E-state index in [0.29, 0.717) is 5.56 Å². The van der Waals surface area contributed by atoms with Gasteiger partial charge in [-0.3, -0.25) is 15.4 Å². The fraction of sp³-hybridized carbons (Fsp3) is 0.188. The van der Waals surface area contributed by atoms with Crippen molar-refractivity contribution in [3.63, 3.8) is 0 Å². The molecule has 1 amide bonds. The number of carbonyl (C=O) groups is 1. The topological polar surface area (TPSA) is 92.5 Å². The number of benzene rings is 2. The number of para-hydroxylation sites is 1. The summed E-state index contributed by atoms with van der Waals surface area (Å²) in [5.74, 6) is 0. The zero-order valence-electron chi connectivity index (χ0n) is 12.5. The molecule has 6 heteroatoms. The monoisotopic (exact) mass is 300 g/mol. The van der Waals surface area contributed by atoms with E-state index in [2.05, 4.69) is 5.32 Å². The first kappa shape index (κ1) is 15.5. The molecule has 0 aliphatic rings. The van der Waals surface area contributed by atoms with Gasteiger partial charge in [-0.25, -0.2) is 4.79 Å². The SMILES string of the molecule is Cc1cc(C)c(-c2cccc([N+](=O)[O-])c2NC(=O)O)c(C)c1. The first-order chi connectivity index (χ1) is 10.3. The van der Waals surface area contributed by atoms with E-state index in [9.17, 15) is 14.9 Å². The zero-order valence-corrected chi connectivity index (χ0v) is 12.5. The van der Waals surface area contributed by atoms with Crippen LogP contribution in [0.5, 0.6) is 0 Å². The minimum Gasteiger partial charge on any atom is -0.465 e. The Kier molecular flexibility index (Phi) is 4.12. The average Bonchev–Trinajstić information content (AvgIpc) is 2.38. The number of nitrogens with one attached hydrogen (secondary N) is 1. The van der Waals surface area contributed by atoms with Crippen molar-refractivity contribution in [2.45, 2.75) is 20.8 Å². The number of nitro groups is 1. The van der Waals surface area contributed by atoms with E-state index < -0.39 is 11.0 Å². The molecule has 2 N–H and O–H groups in total. The van der Waals surface area contributed by atoms with Gasteiger partial charge >= 0.3 is 6.09 Å². The van der Waals surface area contributed by atoms with E-state index >= 15 is 0 Å². The highest BCUT2D eigenvalue weighted by Gasteiger charge is 2.22. The number of nitrogens with zero attached hydrogens (tertiary/aromatic N) is 1. The third-order valence-electron chi connectivity index (χ3n) is 3.42. The molecule has 114 valence electrons. The van der Waals surface area contributed by atoms with Gasteiger partial charge in [0, 0.05) is 11.6 Å². The van der Waals surface area contributed by atoms with Crippen molar-refractivity contribution in [2.75, 3.05) is 5.32 Å². The van der Waals surface area contributed by atoms with Gasteiger partial charge < -0.3 is 5.11 Å². The number of hydrogen-bond acceptors (Lipinski definition) is 3. The fourth-order valence-corrected chi connectivity index (χ4v) is 2.74. The van der Waals surface area contributed by atoms with Gasteiger partial charge in [0.05, 0.1) is 4.92 Å². The molecule has 0 radical (unpaired) electrons. The van der Waals surface area contributed by atoms with Gasteiger partial charge in [-0.1, -0.05) is 29.8 Å². The molecule has 0 saturated heterocycles. The predicted molar refractivity (Wildman–Crippen MR) is 84.4 cm³/mol. The summed E-state index contributed by atoms with van der Waals surface area (Å²) in [5, 5.41) is 22.3. The standard InChI is InChI=1S/C16H16N2O4/c1-9-7-10(2)14(11(3)8-9)12-5-4-6-13(18(21)22)15(12)17-16(19)20/h4-8,17H,1-3H3,(H,19,20). The highest BCUT2D eigenvalue weighted by Crippen LogP contribution is 2.39. The lowest BCUT2D eigenvalue weighted by Crippen LogP contribution is -2.11. The van der Waals surface area contributed by atoms with Crippen molar-refractivity contribution >= 4 is 17.5 Å². The largest absolute Gasteiger partial charge is 0.465 e. The summed E-state index contributed by atoms with van der Waals surface area (Å²) in [7, 11) is 0. The lowest BCUT2D eigenvalue weighted by molar-refractivity contribution is -0.383. The molecule has 6 nitrogen and oxygen atoms in total. The Morgan fingerprint density at radius 1 is 1.18 bits per heavy atom. The Morgan fingerprint density at radius 2 is 1.77 bits per heavy atom. The summed E-state index contributed by atoms with van der Waals surface area (Å²) < 4.78 is 0. The van der Waals surface area contributed by atoms with Gasteiger partial charge in [0.25, 0.3) is 5.69 Å². The van der Waals surface area contributed by atoms with Gasteiger partial charge in [-0.2, -0.15) is 0 Å². The number of hydrogen-bond donors (Lipinski definition) is 2. The molecule has 0 unspecified atom stereocenters. The van der Waals surface area contributed by atoms with Gasteiger partial charge in [-0.15, -0.1) is 0 Å². The van der Waals surface area contributed by atoms with E-state index in [4.69, 9.17) is 5.11 Å². The first-order valence-electron chi connectivity index (χ1n) is 6.67. The van der Waals surface area contributed by atoms with Crippen molar-refractivity contribution in [3.8, 4) is 11.1 Å². The smallest absolute Gasteiger partial charge is 0.409 e. The van der Waals surface area contributed by atoms with Crippen LogP contribution in [0.25, 0.3) is 11.1 Å². The summed E-state index contributed by atoms with van der Waals surface area (Å²) in [6, 6.07) is 8.45. The molecule has 2 rings (SSSR count).